The highest BCUT2D eigenvalue weighted by molar-refractivity contribution is 9.10. The van der Waals surface area contributed by atoms with Crippen molar-refractivity contribution in [3.63, 3.8) is 0 Å². The fraction of sp³-hybridized carbons (Fsp3) is 0.250. The van der Waals surface area contributed by atoms with Crippen LogP contribution < -0.4 is 11.3 Å². The molecular formula is C12H14BrN3S. The highest BCUT2D eigenvalue weighted by Crippen LogP contribution is 2.33. The number of thiophene rings is 1. The van der Waals surface area contributed by atoms with E-state index in [1.165, 1.54) is 0 Å². The lowest BCUT2D eigenvalue weighted by Gasteiger charge is -2.17. The lowest BCUT2D eigenvalue weighted by atomic mass is 10.1. The smallest absolute Gasteiger partial charge is 0.0987 e. The normalized spacial score (nSPS) is 12.7. The van der Waals surface area contributed by atoms with Crippen LogP contribution in [0, 0.1) is 13.8 Å². The molecule has 0 amide bonds. The van der Waals surface area contributed by atoms with Gasteiger partial charge in [-0.05, 0) is 52.4 Å². The molecule has 3 nitrogen and oxygen atoms in total. The quantitative estimate of drug-likeness (QED) is 0.676. The first kappa shape index (κ1) is 12.7. The van der Waals surface area contributed by atoms with E-state index >= 15 is 0 Å². The first-order valence-corrected chi connectivity index (χ1v) is 6.93. The zero-order chi connectivity index (χ0) is 12.4. The zero-order valence-electron chi connectivity index (χ0n) is 9.70. The molecule has 0 aliphatic rings. The van der Waals surface area contributed by atoms with E-state index in [0.29, 0.717) is 0 Å². The molecule has 0 saturated heterocycles. The molecule has 0 bridgehead atoms. The van der Waals surface area contributed by atoms with Crippen molar-refractivity contribution in [1.82, 2.24) is 10.4 Å². The molecule has 0 aliphatic heterocycles. The van der Waals surface area contributed by atoms with Crippen LogP contribution in [-0.4, -0.2) is 4.98 Å². The highest BCUT2D eigenvalue weighted by Gasteiger charge is 2.19. The van der Waals surface area contributed by atoms with Crippen LogP contribution in [0.15, 0.2) is 28.2 Å². The summed E-state index contributed by atoms with van der Waals surface area (Å²) in [6.07, 6.45) is 1.87. The molecular weight excluding hydrogens is 298 g/mol. The number of aromatic nitrogens is 1. The minimum absolute atomic E-state index is 0.0648. The van der Waals surface area contributed by atoms with Gasteiger partial charge in [-0.25, -0.2) is 5.43 Å². The van der Waals surface area contributed by atoms with E-state index in [9.17, 15) is 0 Å². The van der Waals surface area contributed by atoms with E-state index in [0.717, 1.165) is 26.2 Å². The summed E-state index contributed by atoms with van der Waals surface area (Å²) in [5.41, 5.74) is 6.12. The Bertz CT molecular complexity index is 524. The third kappa shape index (κ3) is 2.57. The van der Waals surface area contributed by atoms with Crippen LogP contribution in [0.2, 0.25) is 0 Å². The number of rotatable bonds is 3. The van der Waals surface area contributed by atoms with Crippen LogP contribution in [-0.2, 0) is 0 Å². The minimum atomic E-state index is -0.0648. The van der Waals surface area contributed by atoms with Crippen molar-refractivity contribution in [2.24, 2.45) is 5.84 Å². The van der Waals surface area contributed by atoms with Crippen molar-refractivity contribution < 1.29 is 0 Å². The second-order valence-electron chi connectivity index (χ2n) is 3.95. The first-order valence-electron chi connectivity index (χ1n) is 5.25. The number of aryl methyl sites for hydroxylation is 2. The summed E-state index contributed by atoms with van der Waals surface area (Å²) in [6.45, 7) is 4.09. The monoisotopic (exact) mass is 311 g/mol. The summed E-state index contributed by atoms with van der Waals surface area (Å²) in [7, 11) is 0. The van der Waals surface area contributed by atoms with Crippen molar-refractivity contribution in [3.05, 3.63) is 49.9 Å². The number of hydrogen-bond donors (Lipinski definition) is 2. The molecule has 0 fully saturated rings. The molecule has 0 spiro atoms. The van der Waals surface area contributed by atoms with E-state index in [1.807, 2.05) is 24.6 Å². The van der Waals surface area contributed by atoms with Gasteiger partial charge in [0.25, 0.3) is 0 Å². The van der Waals surface area contributed by atoms with Gasteiger partial charge in [0, 0.05) is 15.5 Å². The topological polar surface area (TPSA) is 50.9 Å². The van der Waals surface area contributed by atoms with Crippen LogP contribution >= 0.6 is 27.3 Å². The summed E-state index contributed by atoms with van der Waals surface area (Å²) in [5.74, 6) is 5.67. The zero-order valence-corrected chi connectivity index (χ0v) is 12.1. The first-order chi connectivity index (χ1) is 8.13. The van der Waals surface area contributed by atoms with Crippen LogP contribution in [0.5, 0.6) is 0 Å². The molecule has 3 N–H and O–H groups in total. The molecule has 0 aliphatic carbocycles. The van der Waals surface area contributed by atoms with Crippen molar-refractivity contribution in [2.45, 2.75) is 19.9 Å². The number of hydrazine groups is 1. The number of hydrogen-bond acceptors (Lipinski definition) is 4. The van der Waals surface area contributed by atoms with Crippen LogP contribution in [0.1, 0.15) is 27.7 Å². The van der Waals surface area contributed by atoms with Gasteiger partial charge in [-0.2, -0.15) is 0 Å². The van der Waals surface area contributed by atoms with Gasteiger partial charge in [0.05, 0.1) is 11.7 Å². The Labute approximate surface area is 113 Å². The van der Waals surface area contributed by atoms with Gasteiger partial charge in [0.1, 0.15) is 0 Å². The Morgan fingerprint density at radius 3 is 2.76 bits per heavy atom. The highest BCUT2D eigenvalue weighted by atomic mass is 79.9. The average molecular weight is 312 g/mol. The Morgan fingerprint density at radius 1 is 1.47 bits per heavy atom. The molecule has 2 aromatic rings. The fourth-order valence-electron chi connectivity index (χ4n) is 1.82. The summed E-state index contributed by atoms with van der Waals surface area (Å²) in [4.78, 5) is 5.63. The van der Waals surface area contributed by atoms with Crippen molar-refractivity contribution in [1.29, 1.82) is 0 Å². The predicted octanol–water partition coefficient (Wildman–Crippen LogP) is 3.08. The van der Waals surface area contributed by atoms with Gasteiger partial charge < -0.3 is 0 Å². The average Bonchev–Trinajstić information content (AvgIpc) is 2.69. The van der Waals surface area contributed by atoms with Crippen molar-refractivity contribution >= 4 is 27.3 Å². The summed E-state index contributed by atoms with van der Waals surface area (Å²) in [6, 6.07) is 4.08. The molecule has 2 aromatic heterocycles. The molecule has 5 heteroatoms. The van der Waals surface area contributed by atoms with Gasteiger partial charge in [0.2, 0.25) is 0 Å². The predicted molar refractivity (Wildman–Crippen MR) is 74.9 cm³/mol. The summed E-state index contributed by atoms with van der Waals surface area (Å²) >= 11 is 5.19. The third-order valence-electron chi connectivity index (χ3n) is 2.60. The maximum atomic E-state index is 5.67. The van der Waals surface area contributed by atoms with Gasteiger partial charge in [-0.3, -0.25) is 10.8 Å². The molecule has 90 valence electrons. The fourth-order valence-corrected chi connectivity index (χ4v) is 3.48. The van der Waals surface area contributed by atoms with E-state index in [-0.39, 0.29) is 6.04 Å². The van der Waals surface area contributed by atoms with Gasteiger partial charge >= 0.3 is 0 Å². The molecule has 0 aromatic carbocycles. The van der Waals surface area contributed by atoms with Crippen LogP contribution in [0.3, 0.4) is 0 Å². The molecule has 0 radical (unpaired) electrons. The summed E-state index contributed by atoms with van der Waals surface area (Å²) < 4.78 is 1.06. The molecule has 2 rings (SSSR count). The standard InChI is InChI=1S/C12H14BrN3S/c1-7-5-8(2)10(15-6-7)11(16-14)12-9(13)3-4-17-12/h3-6,11,16H,14H2,1-2H3. The second-order valence-corrected chi connectivity index (χ2v) is 5.75. The number of pyridine rings is 1. The minimum Gasteiger partial charge on any atom is -0.270 e. The van der Waals surface area contributed by atoms with Gasteiger partial charge in [-0.1, -0.05) is 6.07 Å². The van der Waals surface area contributed by atoms with E-state index < -0.39 is 0 Å². The lowest BCUT2D eigenvalue weighted by molar-refractivity contribution is 0.624. The Hall–Kier alpha value is -0.750. The number of nitrogens with one attached hydrogen (secondary N) is 1. The molecule has 2 heterocycles. The van der Waals surface area contributed by atoms with Gasteiger partial charge in [0.15, 0.2) is 0 Å². The van der Waals surface area contributed by atoms with Crippen molar-refractivity contribution in [2.75, 3.05) is 0 Å². The van der Waals surface area contributed by atoms with Crippen LogP contribution in [0.25, 0.3) is 0 Å². The second kappa shape index (κ2) is 5.27. The van der Waals surface area contributed by atoms with Crippen molar-refractivity contribution in [3.8, 4) is 0 Å². The Morgan fingerprint density at radius 2 is 2.24 bits per heavy atom. The SMILES string of the molecule is Cc1cnc(C(NN)c2sccc2Br)c(C)c1. The number of nitrogens with zero attached hydrogens (tertiary/aromatic N) is 1. The Balaban J connectivity index is 2.46. The molecule has 1 unspecified atom stereocenters. The molecule has 0 saturated carbocycles. The van der Waals surface area contributed by atoms with E-state index in [4.69, 9.17) is 5.84 Å². The maximum absolute atomic E-state index is 5.67. The van der Waals surface area contributed by atoms with Gasteiger partial charge in [-0.15, -0.1) is 11.3 Å². The number of nitrogens with two attached hydrogens (primary N) is 1. The third-order valence-corrected chi connectivity index (χ3v) is 4.54. The van der Waals surface area contributed by atoms with E-state index in [1.54, 1.807) is 11.3 Å². The largest absolute Gasteiger partial charge is 0.270 e. The molecule has 17 heavy (non-hydrogen) atoms. The summed E-state index contributed by atoms with van der Waals surface area (Å²) in [5, 5.41) is 2.04. The van der Waals surface area contributed by atoms with E-state index in [2.05, 4.69) is 39.3 Å². The number of halogens is 1. The maximum Gasteiger partial charge on any atom is 0.0987 e. The lowest BCUT2D eigenvalue weighted by Crippen LogP contribution is -2.29. The Kier molecular flexibility index (Phi) is 3.93. The van der Waals surface area contributed by atoms with Crippen LogP contribution in [0.4, 0.5) is 0 Å². The molecule has 1 atom stereocenters.